The molecule has 0 aromatic carbocycles. The Balaban J connectivity index is 1.75. The van der Waals surface area contributed by atoms with Crippen LogP contribution in [-0.2, 0) is 24.7 Å². The van der Waals surface area contributed by atoms with Gasteiger partial charge in [0.15, 0.2) is 0 Å². The van der Waals surface area contributed by atoms with Gasteiger partial charge in [-0.15, -0.1) is 8.68 Å². The molecule has 5 N–H and O–H groups in total. The second kappa shape index (κ2) is 7.16. The maximum absolute atomic E-state index is 12.5. The van der Waals surface area contributed by atoms with E-state index >= 15 is 0 Å². The number of rotatable bonds is 5. The van der Waals surface area contributed by atoms with Crippen molar-refractivity contribution in [2.75, 3.05) is 6.54 Å². The number of amides is 2. The molecule has 2 amide bonds. The lowest BCUT2D eigenvalue weighted by atomic mass is 9.96. The van der Waals surface area contributed by atoms with Crippen LogP contribution in [0.4, 0.5) is 4.79 Å². The van der Waals surface area contributed by atoms with Crippen LogP contribution in [0.25, 0.3) is 0 Å². The number of piperidine rings is 1. The maximum atomic E-state index is 12.5. The van der Waals surface area contributed by atoms with Gasteiger partial charge >= 0.3 is 16.4 Å². The Morgan fingerprint density at radius 2 is 1.74 bits per heavy atom. The Kier molecular flexibility index (Phi) is 5.37. The average Bonchev–Trinajstić information content (AvgIpc) is 2.78. The van der Waals surface area contributed by atoms with Crippen LogP contribution >= 0.6 is 0 Å². The van der Waals surface area contributed by atoms with Gasteiger partial charge in [-0.2, -0.15) is 13.5 Å². The van der Waals surface area contributed by atoms with E-state index in [9.17, 15) is 21.6 Å². The third-order valence-electron chi connectivity index (χ3n) is 5.21. The Labute approximate surface area is 157 Å². The lowest BCUT2D eigenvalue weighted by Crippen LogP contribution is -2.48. The molecule has 3 rings (SSSR count). The lowest BCUT2D eigenvalue weighted by molar-refractivity contribution is -0.0316. The molecule has 2 saturated heterocycles. The molecule has 12 nitrogen and oxygen atoms in total. The fraction of sp³-hybridized carbons (Fsp3) is 0.846. The average molecular weight is 425 g/mol. The van der Waals surface area contributed by atoms with Crippen LogP contribution in [0.3, 0.4) is 0 Å². The number of hydrogen-bond donors (Lipinski definition) is 3. The highest BCUT2D eigenvalue weighted by molar-refractivity contribution is 7.90. The van der Waals surface area contributed by atoms with E-state index in [1.54, 1.807) is 0 Å². The molecular weight excluding hydrogens is 402 g/mol. The number of hydrogen-bond acceptors (Lipinski definition) is 7. The fourth-order valence-electron chi connectivity index (χ4n) is 3.81. The number of hydroxylamine groups is 2. The highest BCUT2D eigenvalue weighted by Gasteiger charge is 2.48. The second-order valence-corrected chi connectivity index (χ2v) is 9.96. The molecule has 14 heteroatoms. The summed E-state index contributed by atoms with van der Waals surface area (Å²) in [6.07, 6.45) is 2.62. The smallest absolute Gasteiger partial charge is 0.385 e. The molecule has 2 bridgehead atoms. The van der Waals surface area contributed by atoms with Crippen LogP contribution in [0.2, 0.25) is 0 Å². The van der Waals surface area contributed by atoms with E-state index in [1.807, 2.05) is 0 Å². The fourth-order valence-corrected chi connectivity index (χ4v) is 5.63. The summed E-state index contributed by atoms with van der Waals surface area (Å²) in [5.74, 6) is -0.217. The SMILES string of the molecule is NC(=NS(=O)(=O)C1CCC(N)CC1)C1CCC2CN1C(=O)N2OS(=O)(=O)O. The molecule has 2 heterocycles. The molecule has 0 aromatic heterocycles. The zero-order valence-electron chi connectivity index (χ0n) is 14.5. The molecule has 3 fully saturated rings. The van der Waals surface area contributed by atoms with Crippen molar-refractivity contribution in [3.05, 3.63) is 0 Å². The van der Waals surface area contributed by atoms with E-state index in [2.05, 4.69) is 8.68 Å². The lowest BCUT2D eigenvalue weighted by Gasteiger charge is -2.30. The van der Waals surface area contributed by atoms with Gasteiger partial charge < -0.3 is 16.4 Å². The van der Waals surface area contributed by atoms with Crippen molar-refractivity contribution >= 4 is 32.3 Å². The molecule has 1 aliphatic carbocycles. The van der Waals surface area contributed by atoms with Gasteiger partial charge in [-0.3, -0.25) is 4.55 Å². The van der Waals surface area contributed by atoms with E-state index in [-0.39, 0.29) is 18.4 Å². The van der Waals surface area contributed by atoms with Crippen LogP contribution < -0.4 is 11.5 Å². The van der Waals surface area contributed by atoms with Gasteiger partial charge in [0.05, 0.1) is 17.3 Å². The van der Waals surface area contributed by atoms with Crippen molar-refractivity contribution in [3.63, 3.8) is 0 Å². The summed E-state index contributed by atoms with van der Waals surface area (Å²) in [4.78, 5) is 13.6. The number of sulfonamides is 1. The first-order valence-electron chi connectivity index (χ1n) is 8.59. The molecule has 2 aliphatic heterocycles. The first kappa shape index (κ1) is 20.3. The molecule has 27 heavy (non-hydrogen) atoms. The van der Waals surface area contributed by atoms with Crippen molar-refractivity contribution in [2.45, 2.75) is 61.9 Å². The normalized spacial score (nSPS) is 32.8. The van der Waals surface area contributed by atoms with Crippen molar-refractivity contribution in [1.29, 1.82) is 0 Å². The Morgan fingerprint density at radius 1 is 1.11 bits per heavy atom. The molecule has 3 aliphatic rings. The molecule has 1 saturated carbocycles. The predicted octanol–water partition coefficient (Wildman–Crippen LogP) is -1.05. The minimum Gasteiger partial charge on any atom is -0.385 e. The summed E-state index contributed by atoms with van der Waals surface area (Å²) in [5.41, 5.74) is 11.7. The quantitative estimate of drug-likeness (QED) is 0.280. The Bertz CT molecular complexity index is 835. The number of carbonyl (C=O) groups is 1. The monoisotopic (exact) mass is 425 g/mol. The van der Waals surface area contributed by atoms with Gasteiger partial charge in [0.25, 0.3) is 10.0 Å². The largest absolute Gasteiger partial charge is 0.418 e. The highest BCUT2D eigenvalue weighted by atomic mass is 32.3. The van der Waals surface area contributed by atoms with Crippen molar-refractivity contribution in [3.8, 4) is 0 Å². The number of nitrogens with two attached hydrogens (primary N) is 2. The summed E-state index contributed by atoms with van der Waals surface area (Å²) in [5, 5.41) is -0.0829. The zero-order valence-corrected chi connectivity index (χ0v) is 16.1. The van der Waals surface area contributed by atoms with E-state index in [0.29, 0.717) is 43.6 Å². The van der Waals surface area contributed by atoms with Crippen LogP contribution in [0.15, 0.2) is 4.40 Å². The van der Waals surface area contributed by atoms with Crippen LogP contribution in [0, 0.1) is 0 Å². The molecule has 2 unspecified atom stereocenters. The van der Waals surface area contributed by atoms with Crippen molar-refractivity contribution < 1.29 is 30.5 Å². The first-order valence-corrected chi connectivity index (χ1v) is 11.5. The van der Waals surface area contributed by atoms with Gasteiger partial charge in [0, 0.05) is 12.6 Å². The molecule has 2 atom stereocenters. The standard InChI is InChI=1S/C13H23N5O7S2/c14-8-1-4-10(5-2-8)26(20,21)16-12(15)11-6-3-9-7-17(11)13(19)18(9)25-27(22,23)24/h8-11H,1-7,14H2,(H2,15,16)(H,22,23,24). The number of amidine groups is 1. The molecule has 0 aromatic rings. The summed E-state index contributed by atoms with van der Waals surface area (Å²) in [7, 11) is -8.70. The van der Waals surface area contributed by atoms with E-state index in [0.717, 1.165) is 0 Å². The Morgan fingerprint density at radius 3 is 2.33 bits per heavy atom. The zero-order chi connectivity index (χ0) is 20.0. The molecule has 0 spiro atoms. The van der Waals surface area contributed by atoms with Crippen LogP contribution in [0.1, 0.15) is 38.5 Å². The first-order chi connectivity index (χ1) is 12.5. The van der Waals surface area contributed by atoms with Gasteiger partial charge in [-0.1, -0.05) is 0 Å². The predicted molar refractivity (Wildman–Crippen MR) is 94.2 cm³/mol. The number of urea groups is 1. The van der Waals surface area contributed by atoms with Gasteiger partial charge in [0.2, 0.25) is 0 Å². The van der Waals surface area contributed by atoms with Crippen molar-refractivity contribution in [2.24, 2.45) is 15.9 Å². The number of nitrogens with zero attached hydrogens (tertiary/aromatic N) is 3. The van der Waals surface area contributed by atoms with Crippen molar-refractivity contribution in [1.82, 2.24) is 9.96 Å². The van der Waals surface area contributed by atoms with E-state index in [1.165, 1.54) is 4.90 Å². The second-order valence-electron chi connectivity index (χ2n) is 7.08. The molecule has 0 radical (unpaired) electrons. The number of carbonyl (C=O) groups excluding carboxylic acids is 1. The van der Waals surface area contributed by atoms with E-state index < -0.39 is 43.8 Å². The summed E-state index contributed by atoms with van der Waals surface area (Å²) < 4.78 is 63.7. The third kappa shape index (κ3) is 4.34. The third-order valence-corrected chi connectivity index (χ3v) is 7.34. The topological polar surface area (TPSA) is 186 Å². The summed E-state index contributed by atoms with van der Waals surface area (Å²) in [6, 6.07) is -2.20. The number of fused-ring (bicyclic) bond motifs is 2. The maximum Gasteiger partial charge on any atom is 0.418 e. The minimum absolute atomic E-state index is 0.0101. The Hall–Kier alpha value is -1.48. The van der Waals surface area contributed by atoms with Gasteiger partial charge in [-0.05, 0) is 38.5 Å². The highest BCUT2D eigenvalue weighted by Crippen LogP contribution is 2.31. The minimum atomic E-state index is -4.85. The van der Waals surface area contributed by atoms with Crippen LogP contribution in [0.5, 0.6) is 0 Å². The van der Waals surface area contributed by atoms with E-state index in [4.69, 9.17) is 16.0 Å². The van der Waals surface area contributed by atoms with Gasteiger partial charge in [-0.25, -0.2) is 13.2 Å². The van der Waals surface area contributed by atoms with Crippen LogP contribution in [-0.4, -0.2) is 73.1 Å². The summed E-state index contributed by atoms with van der Waals surface area (Å²) >= 11 is 0. The molecular formula is C13H23N5O7S2. The molecule has 154 valence electrons. The summed E-state index contributed by atoms with van der Waals surface area (Å²) in [6.45, 7) is 0.0908. The van der Waals surface area contributed by atoms with Gasteiger partial charge in [0.1, 0.15) is 5.84 Å².